The summed E-state index contributed by atoms with van der Waals surface area (Å²) >= 11 is 1.63. The maximum absolute atomic E-state index is 11.8. The third-order valence-electron chi connectivity index (χ3n) is 4.30. The molecule has 5 nitrogen and oxygen atoms in total. The summed E-state index contributed by atoms with van der Waals surface area (Å²) in [5, 5.41) is 18.3. The lowest BCUT2D eigenvalue weighted by Gasteiger charge is -2.11. The zero-order chi connectivity index (χ0) is 16.8. The number of carbonyl (C=O) groups is 1. The van der Waals surface area contributed by atoms with Gasteiger partial charge in [0, 0.05) is 30.5 Å². The number of rotatable bonds is 6. The molecule has 2 aromatic rings. The van der Waals surface area contributed by atoms with Gasteiger partial charge in [-0.3, -0.25) is 0 Å². The molecule has 128 valence electrons. The Bertz CT molecular complexity index is 659. The largest absolute Gasteiger partial charge is 0.393 e. The Balaban J connectivity index is 1.37. The lowest BCUT2D eigenvalue weighted by atomic mass is 10.1. The van der Waals surface area contributed by atoms with E-state index in [2.05, 4.69) is 15.6 Å². The molecule has 1 aliphatic carbocycles. The van der Waals surface area contributed by atoms with Crippen molar-refractivity contribution in [2.45, 2.75) is 31.8 Å². The molecule has 0 unspecified atom stereocenters. The number of hydrogen-bond acceptors (Lipinski definition) is 4. The minimum atomic E-state index is -0.191. The van der Waals surface area contributed by atoms with Gasteiger partial charge in [0.05, 0.1) is 11.8 Å². The Labute approximate surface area is 146 Å². The number of hydrogen-bond donors (Lipinski definition) is 3. The number of benzene rings is 1. The van der Waals surface area contributed by atoms with Crippen LogP contribution in [0.2, 0.25) is 0 Å². The molecule has 24 heavy (non-hydrogen) atoms. The Morgan fingerprint density at radius 1 is 1.25 bits per heavy atom. The Morgan fingerprint density at radius 3 is 2.83 bits per heavy atom. The highest BCUT2D eigenvalue weighted by Crippen LogP contribution is 2.24. The van der Waals surface area contributed by atoms with Crippen molar-refractivity contribution in [2.75, 3.05) is 13.1 Å². The number of thiazole rings is 1. The number of aromatic nitrogens is 1. The van der Waals surface area contributed by atoms with E-state index in [1.54, 1.807) is 11.3 Å². The number of carbonyl (C=O) groups excluding carboxylic acids is 1. The van der Waals surface area contributed by atoms with Gasteiger partial charge in [-0.25, -0.2) is 9.78 Å². The summed E-state index contributed by atoms with van der Waals surface area (Å²) in [6.45, 7) is 1.20. The molecule has 1 aromatic carbocycles. The van der Waals surface area contributed by atoms with Crippen LogP contribution in [-0.4, -0.2) is 35.3 Å². The quantitative estimate of drug-likeness (QED) is 0.754. The summed E-state index contributed by atoms with van der Waals surface area (Å²) in [7, 11) is 0. The van der Waals surface area contributed by atoms with E-state index in [0.717, 1.165) is 41.9 Å². The van der Waals surface area contributed by atoms with Crippen molar-refractivity contribution in [1.82, 2.24) is 15.6 Å². The molecule has 1 aromatic heterocycles. The van der Waals surface area contributed by atoms with Crippen molar-refractivity contribution in [1.29, 1.82) is 0 Å². The average Bonchev–Trinajstić information content (AvgIpc) is 3.23. The monoisotopic (exact) mass is 345 g/mol. The standard InChI is InChI=1S/C18H23N3O2S/c22-16-7-6-13(10-16)11-20-18(23)19-9-8-15-12-24-17(21-15)14-4-2-1-3-5-14/h1-5,12-13,16,22H,6-11H2,(H2,19,20,23)/t13-,16+/m1/s1. The first kappa shape index (κ1) is 16.9. The van der Waals surface area contributed by atoms with Crippen LogP contribution in [0.25, 0.3) is 10.6 Å². The summed E-state index contributed by atoms with van der Waals surface area (Å²) in [5.74, 6) is 0.401. The van der Waals surface area contributed by atoms with Crippen LogP contribution in [0.1, 0.15) is 25.0 Å². The number of urea groups is 1. The van der Waals surface area contributed by atoms with Crippen LogP contribution in [0.5, 0.6) is 0 Å². The fourth-order valence-electron chi connectivity index (χ4n) is 2.97. The number of aliphatic hydroxyl groups excluding tert-OH is 1. The van der Waals surface area contributed by atoms with Crippen LogP contribution >= 0.6 is 11.3 Å². The van der Waals surface area contributed by atoms with E-state index in [4.69, 9.17) is 0 Å². The van der Waals surface area contributed by atoms with Gasteiger partial charge in [0.2, 0.25) is 0 Å². The minimum Gasteiger partial charge on any atom is -0.393 e. The molecule has 1 fully saturated rings. The fraction of sp³-hybridized carbons (Fsp3) is 0.444. The fourth-order valence-corrected chi connectivity index (χ4v) is 3.83. The third-order valence-corrected chi connectivity index (χ3v) is 5.24. The highest BCUT2D eigenvalue weighted by Gasteiger charge is 2.22. The first-order valence-corrected chi connectivity index (χ1v) is 9.28. The number of amides is 2. The van der Waals surface area contributed by atoms with E-state index in [1.807, 2.05) is 35.7 Å². The lowest BCUT2D eigenvalue weighted by molar-refractivity contribution is 0.177. The van der Waals surface area contributed by atoms with Crippen molar-refractivity contribution in [3.63, 3.8) is 0 Å². The molecule has 3 N–H and O–H groups in total. The van der Waals surface area contributed by atoms with Crippen molar-refractivity contribution >= 4 is 17.4 Å². The van der Waals surface area contributed by atoms with E-state index in [-0.39, 0.29) is 12.1 Å². The van der Waals surface area contributed by atoms with E-state index in [9.17, 15) is 9.90 Å². The molecule has 6 heteroatoms. The van der Waals surface area contributed by atoms with Gasteiger partial charge in [0.25, 0.3) is 0 Å². The van der Waals surface area contributed by atoms with E-state index < -0.39 is 0 Å². The molecular formula is C18H23N3O2S. The highest BCUT2D eigenvalue weighted by atomic mass is 32.1. The summed E-state index contributed by atoms with van der Waals surface area (Å²) in [6.07, 6.45) is 3.16. The predicted octanol–water partition coefficient (Wildman–Crippen LogP) is 2.81. The van der Waals surface area contributed by atoms with Crippen molar-refractivity contribution in [2.24, 2.45) is 5.92 Å². The second-order valence-electron chi connectivity index (χ2n) is 6.23. The number of nitrogens with one attached hydrogen (secondary N) is 2. The van der Waals surface area contributed by atoms with Gasteiger partial charge in [-0.15, -0.1) is 11.3 Å². The van der Waals surface area contributed by atoms with E-state index in [1.165, 1.54) is 0 Å². The molecule has 0 radical (unpaired) electrons. The molecule has 3 rings (SSSR count). The highest BCUT2D eigenvalue weighted by molar-refractivity contribution is 7.13. The van der Waals surface area contributed by atoms with Crippen molar-refractivity contribution in [3.8, 4) is 10.6 Å². The van der Waals surface area contributed by atoms with Crippen LogP contribution in [0.4, 0.5) is 4.79 Å². The van der Waals surface area contributed by atoms with E-state index >= 15 is 0 Å². The molecular weight excluding hydrogens is 322 g/mol. The first-order chi connectivity index (χ1) is 11.7. The Kier molecular flexibility index (Phi) is 5.82. The molecule has 2 atom stereocenters. The predicted molar refractivity (Wildman–Crippen MR) is 96.0 cm³/mol. The van der Waals surface area contributed by atoms with Crippen molar-refractivity contribution < 1.29 is 9.90 Å². The van der Waals surface area contributed by atoms with Crippen molar-refractivity contribution in [3.05, 3.63) is 41.4 Å². The van der Waals surface area contributed by atoms with Gasteiger partial charge in [0.1, 0.15) is 5.01 Å². The van der Waals surface area contributed by atoms with Gasteiger partial charge in [-0.1, -0.05) is 30.3 Å². The second-order valence-corrected chi connectivity index (χ2v) is 7.09. The normalized spacial score (nSPS) is 20.0. The van der Waals surface area contributed by atoms with Crippen LogP contribution in [0.3, 0.4) is 0 Å². The zero-order valence-electron chi connectivity index (χ0n) is 13.6. The molecule has 1 heterocycles. The summed E-state index contributed by atoms with van der Waals surface area (Å²) < 4.78 is 0. The third kappa shape index (κ3) is 4.79. The molecule has 1 saturated carbocycles. The van der Waals surface area contributed by atoms with Crippen LogP contribution in [0, 0.1) is 5.92 Å². The maximum Gasteiger partial charge on any atom is 0.314 e. The van der Waals surface area contributed by atoms with Crippen LogP contribution < -0.4 is 10.6 Å². The molecule has 2 amide bonds. The smallest absolute Gasteiger partial charge is 0.314 e. The molecule has 1 aliphatic rings. The lowest BCUT2D eigenvalue weighted by Crippen LogP contribution is -2.38. The molecule has 0 aliphatic heterocycles. The topological polar surface area (TPSA) is 74.2 Å². The maximum atomic E-state index is 11.8. The molecule has 0 bridgehead atoms. The molecule has 0 saturated heterocycles. The summed E-state index contributed by atoms with van der Waals surface area (Å²) in [4.78, 5) is 16.4. The van der Waals surface area contributed by atoms with Gasteiger partial charge in [-0.05, 0) is 25.2 Å². The SMILES string of the molecule is O=C(NCCc1csc(-c2ccccc2)n1)NC[C@@H]1CC[C@H](O)C1. The average molecular weight is 345 g/mol. The van der Waals surface area contributed by atoms with Gasteiger partial charge in [-0.2, -0.15) is 0 Å². The number of aliphatic hydroxyl groups is 1. The zero-order valence-corrected chi connectivity index (χ0v) is 14.4. The molecule has 0 spiro atoms. The number of nitrogens with zero attached hydrogens (tertiary/aromatic N) is 1. The van der Waals surface area contributed by atoms with E-state index in [0.29, 0.717) is 19.0 Å². The summed E-state index contributed by atoms with van der Waals surface area (Å²) in [5.41, 5.74) is 2.12. The van der Waals surface area contributed by atoms with Crippen LogP contribution in [0.15, 0.2) is 35.7 Å². The minimum absolute atomic E-state index is 0.144. The van der Waals surface area contributed by atoms with Gasteiger partial charge >= 0.3 is 6.03 Å². The summed E-state index contributed by atoms with van der Waals surface area (Å²) in [6, 6.07) is 9.96. The van der Waals surface area contributed by atoms with Crippen LogP contribution in [-0.2, 0) is 6.42 Å². The second kappa shape index (κ2) is 8.26. The Hall–Kier alpha value is -1.92. The Morgan fingerprint density at radius 2 is 2.08 bits per heavy atom. The van der Waals surface area contributed by atoms with Gasteiger partial charge in [0.15, 0.2) is 0 Å². The first-order valence-electron chi connectivity index (χ1n) is 8.40. The van der Waals surface area contributed by atoms with Gasteiger partial charge < -0.3 is 15.7 Å².